The second-order valence-electron chi connectivity index (χ2n) is 4.56. The number of rotatable bonds is 6. The number of methoxy groups -OCH3 is 1. The van der Waals surface area contributed by atoms with Crippen molar-refractivity contribution in [2.45, 2.75) is 26.3 Å². The zero-order chi connectivity index (χ0) is 13.7. The molecule has 1 heterocycles. The van der Waals surface area contributed by atoms with Gasteiger partial charge in [0.25, 0.3) is 0 Å². The van der Waals surface area contributed by atoms with Crippen molar-refractivity contribution in [2.24, 2.45) is 0 Å². The summed E-state index contributed by atoms with van der Waals surface area (Å²) in [4.78, 5) is 0. The number of anilines is 1. The molecule has 0 fully saturated rings. The van der Waals surface area contributed by atoms with Gasteiger partial charge in [-0.05, 0) is 54.0 Å². The predicted molar refractivity (Wildman–Crippen MR) is 73.5 cm³/mol. The number of aryl methyl sites for hydroxylation is 2. The van der Waals surface area contributed by atoms with Crippen LogP contribution in [0.25, 0.3) is 11.4 Å². The second kappa shape index (κ2) is 6.29. The zero-order valence-corrected chi connectivity index (χ0v) is 11.3. The van der Waals surface area contributed by atoms with E-state index in [0.29, 0.717) is 0 Å². The van der Waals surface area contributed by atoms with E-state index in [9.17, 15) is 0 Å². The molecule has 19 heavy (non-hydrogen) atoms. The number of nitrogen functional groups attached to an aromatic ring is 1. The molecule has 1 aromatic heterocycles. The number of nitrogens with two attached hydrogens (primary N) is 1. The second-order valence-corrected chi connectivity index (χ2v) is 4.56. The minimum atomic E-state index is 0.726. The monoisotopic (exact) mass is 261 g/mol. The quantitative estimate of drug-likeness (QED) is 0.632. The van der Waals surface area contributed by atoms with E-state index in [1.54, 1.807) is 7.11 Å². The average molecular weight is 261 g/mol. The first-order valence-electron chi connectivity index (χ1n) is 6.33. The summed E-state index contributed by atoms with van der Waals surface area (Å²) < 4.78 is 6.84. The molecule has 0 saturated heterocycles. The lowest BCUT2D eigenvalue weighted by molar-refractivity contribution is 0.191. The van der Waals surface area contributed by atoms with Crippen LogP contribution < -0.4 is 5.73 Å². The highest BCUT2D eigenvalue weighted by atomic mass is 16.5. The van der Waals surface area contributed by atoms with Crippen LogP contribution in [-0.2, 0) is 11.3 Å². The Morgan fingerprint density at radius 1 is 1.26 bits per heavy atom. The fraction of sp³-hybridized carbons (Fsp3) is 0.462. The van der Waals surface area contributed by atoms with Gasteiger partial charge in [-0.25, -0.2) is 4.68 Å². The van der Waals surface area contributed by atoms with E-state index >= 15 is 0 Å². The molecule has 0 bridgehead atoms. The van der Waals surface area contributed by atoms with Crippen LogP contribution in [0.15, 0.2) is 18.2 Å². The summed E-state index contributed by atoms with van der Waals surface area (Å²) in [5.41, 5.74) is 8.64. The summed E-state index contributed by atoms with van der Waals surface area (Å²) >= 11 is 0. The van der Waals surface area contributed by atoms with Crippen LogP contribution in [0.5, 0.6) is 0 Å². The first-order chi connectivity index (χ1) is 9.20. The van der Waals surface area contributed by atoms with E-state index in [0.717, 1.165) is 48.6 Å². The van der Waals surface area contributed by atoms with Crippen LogP contribution in [0.3, 0.4) is 0 Å². The highest BCUT2D eigenvalue weighted by Crippen LogP contribution is 2.21. The van der Waals surface area contributed by atoms with Crippen LogP contribution in [0.1, 0.15) is 18.4 Å². The van der Waals surface area contributed by atoms with Gasteiger partial charge >= 0.3 is 0 Å². The van der Waals surface area contributed by atoms with Crippen LogP contribution in [-0.4, -0.2) is 33.9 Å². The van der Waals surface area contributed by atoms with Gasteiger partial charge in [0.05, 0.1) is 0 Å². The molecule has 2 aromatic rings. The summed E-state index contributed by atoms with van der Waals surface area (Å²) in [5, 5.41) is 11.9. The number of hydrogen-bond acceptors (Lipinski definition) is 5. The Kier molecular flexibility index (Phi) is 4.46. The van der Waals surface area contributed by atoms with Crippen molar-refractivity contribution in [3.8, 4) is 11.4 Å². The van der Waals surface area contributed by atoms with Gasteiger partial charge in [0.15, 0.2) is 5.82 Å². The topological polar surface area (TPSA) is 78.8 Å². The maximum absolute atomic E-state index is 5.86. The smallest absolute Gasteiger partial charge is 0.182 e. The molecule has 0 unspecified atom stereocenters. The van der Waals surface area contributed by atoms with Crippen molar-refractivity contribution in [1.82, 2.24) is 20.2 Å². The third-order valence-electron chi connectivity index (χ3n) is 2.86. The number of aromatic nitrogens is 4. The van der Waals surface area contributed by atoms with Gasteiger partial charge in [-0.3, -0.25) is 0 Å². The van der Waals surface area contributed by atoms with Crippen molar-refractivity contribution < 1.29 is 4.74 Å². The number of tetrazole rings is 1. The molecule has 0 spiro atoms. The maximum Gasteiger partial charge on any atom is 0.182 e. The Labute approximate surface area is 112 Å². The van der Waals surface area contributed by atoms with Gasteiger partial charge in [-0.2, -0.15) is 0 Å². The Bertz CT molecular complexity index is 517. The number of unbranched alkanes of at least 4 members (excludes halogenated alkanes) is 1. The third-order valence-corrected chi connectivity index (χ3v) is 2.86. The first-order valence-corrected chi connectivity index (χ1v) is 6.33. The minimum absolute atomic E-state index is 0.726. The molecule has 0 atom stereocenters. The van der Waals surface area contributed by atoms with Crippen LogP contribution in [0, 0.1) is 6.92 Å². The van der Waals surface area contributed by atoms with Crippen LogP contribution >= 0.6 is 0 Å². The van der Waals surface area contributed by atoms with Gasteiger partial charge in [-0.1, -0.05) is 0 Å². The zero-order valence-electron chi connectivity index (χ0n) is 11.3. The van der Waals surface area contributed by atoms with Crippen molar-refractivity contribution in [2.75, 3.05) is 19.5 Å². The molecule has 6 heteroatoms. The van der Waals surface area contributed by atoms with Crippen LogP contribution in [0.4, 0.5) is 5.69 Å². The molecule has 0 aliphatic carbocycles. The molecule has 6 nitrogen and oxygen atoms in total. The molecule has 0 saturated carbocycles. The van der Waals surface area contributed by atoms with Crippen molar-refractivity contribution in [3.63, 3.8) is 0 Å². The molecule has 102 valence electrons. The van der Waals surface area contributed by atoms with Gasteiger partial charge in [-0.15, -0.1) is 5.10 Å². The number of nitrogens with zero attached hydrogens (tertiary/aromatic N) is 4. The van der Waals surface area contributed by atoms with Crippen molar-refractivity contribution >= 4 is 5.69 Å². The molecule has 0 amide bonds. The average Bonchev–Trinajstić information content (AvgIpc) is 2.82. The van der Waals surface area contributed by atoms with E-state index in [-0.39, 0.29) is 0 Å². The summed E-state index contributed by atoms with van der Waals surface area (Å²) in [5.74, 6) is 0.757. The SMILES string of the molecule is COCCCCn1nnnc1-c1cc(C)cc(N)c1. The predicted octanol–water partition coefficient (Wildman–Crippen LogP) is 1.66. The molecule has 2 rings (SSSR count). The summed E-state index contributed by atoms with van der Waals surface area (Å²) in [6.07, 6.45) is 1.97. The maximum atomic E-state index is 5.86. The molecular weight excluding hydrogens is 242 g/mol. The Morgan fingerprint density at radius 2 is 2.11 bits per heavy atom. The normalized spacial score (nSPS) is 10.8. The van der Waals surface area contributed by atoms with E-state index in [2.05, 4.69) is 15.5 Å². The van der Waals surface area contributed by atoms with Crippen molar-refractivity contribution in [3.05, 3.63) is 23.8 Å². The lowest BCUT2D eigenvalue weighted by Crippen LogP contribution is -2.04. The van der Waals surface area contributed by atoms with E-state index in [4.69, 9.17) is 10.5 Å². The first kappa shape index (κ1) is 13.5. The lowest BCUT2D eigenvalue weighted by atomic mass is 10.1. The van der Waals surface area contributed by atoms with E-state index in [1.165, 1.54) is 0 Å². The van der Waals surface area contributed by atoms with E-state index < -0.39 is 0 Å². The lowest BCUT2D eigenvalue weighted by Gasteiger charge is -2.06. The highest BCUT2D eigenvalue weighted by Gasteiger charge is 2.09. The summed E-state index contributed by atoms with van der Waals surface area (Å²) in [6.45, 7) is 3.54. The van der Waals surface area contributed by atoms with Gasteiger partial charge in [0.2, 0.25) is 0 Å². The van der Waals surface area contributed by atoms with Gasteiger partial charge in [0, 0.05) is 31.5 Å². The molecular formula is C13H19N5O. The third kappa shape index (κ3) is 3.51. The minimum Gasteiger partial charge on any atom is -0.399 e. The van der Waals surface area contributed by atoms with Gasteiger partial charge < -0.3 is 10.5 Å². The summed E-state index contributed by atoms with van der Waals surface area (Å²) in [7, 11) is 1.71. The van der Waals surface area contributed by atoms with Crippen LogP contribution in [0.2, 0.25) is 0 Å². The van der Waals surface area contributed by atoms with E-state index in [1.807, 2.05) is 29.8 Å². The molecule has 2 N–H and O–H groups in total. The molecule has 0 aliphatic rings. The Hall–Kier alpha value is -1.95. The van der Waals surface area contributed by atoms with Crippen molar-refractivity contribution in [1.29, 1.82) is 0 Å². The van der Waals surface area contributed by atoms with Gasteiger partial charge in [0.1, 0.15) is 0 Å². The fourth-order valence-electron chi connectivity index (χ4n) is 2.01. The molecule has 1 aromatic carbocycles. The summed E-state index contributed by atoms with van der Waals surface area (Å²) in [6, 6.07) is 5.86. The Morgan fingerprint density at radius 3 is 2.84 bits per heavy atom. The molecule has 0 aliphatic heterocycles. The Balaban J connectivity index is 2.14. The number of ether oxygens (including phenoxy) is 1. The highest BCUT2D eigenvalue weighted by molar-refractivity contribution is 5.62. The fourth-order valence-corrected chi connectivity index (χ4v) is 2.01. The number of benzene rings is 1. The number of hydrogen-bond donors (Lipinski definition) is 1. The largest absolute Gasteiger partial charge is 0.399 e. The standard InChI is InChI=1S/C13H19N5O/c1-10-7-11(9-12(14)8-10)13-15-16-17-18(13)5-3-4-6-19-2/h7-9H,3-6,14H2,1-2H3. The molecule has 0 radical (unpaired) electrons.